The largest absolute Gasteiger partial charge is 0.479 e. The number of carboxylic acid groups (broad SMARTS) is 1. The molecule has 0 aromatic heterocycles. The number of carbonyl (C=O) groups is 3. The molecule has 0 amide bonds. The number of unbranched alkanes of at least 4 members (excludes halogenated alkanes) is 10. The number of ether oxygens (including phenoxy) is 6. The highest BCUT2D eigenvalue weighted by atomic mass is 16.8. The number of aliphatic hydroxyl groups excluding tert-OH is 8. The van der Waals surface area contributed by atoms with Crippen LogP contribution in [0.5, 0.6) is 0 Å². The van der Waals surface area contributed by atoms with E-state index in [0.717, 1.165) is 71.1 Å². The molecule has 55 heavy (non-hydrogen) atoms. The van der Waals surface area contributed by atoms with Gasteiger partial charge in [-0.15, -0.1) is 0 Å². The molecule has 0 aromatic carbocycles. The van der Waals surface area contributed by atoms with E-state index in [4.69, 9.17) is 33.5 Å². The van der Waals surface area contributed by atoms with Crippen LogP contribution in [0.3, 0.4) is 0 Å². The summed E-state index contributed by atoms with van der Waals surface area (Å²) in [5.41, 5.74) is 0. The van der Waals surface area contributed by atoms with Crippen molar-refractivity contribution in [2.24, 2.45) is 0 Å². The Balaban J connectivity index is 1.89. The zero-order chi connectivity index (χ0) is 40.9. The molecular weight excluding hydrogens is 732 g/mol. The molecular formula is C37H66O18. The Labute approximate surface area is 322 Å². The second-order valence-corrected chi connectivity index (χ2v) is 14.5. The van der Waals surface area contributed by atoms with Gasteiger partial charge in [-0.25, -0.2) is 4.79 Å². The van der Waals surface area contributed by atoms with Gasteiger partial charge in [0.1, 0.15) is 49.3 Å². The van der Waals surface area contributed by atoms with Crippen LogP contribution in [-0.2, 0) is 42.8 Å². The van der Waals surface area contributed by atoms with Gasteiger partial charge in [0, 0.05) is 6.92 Å². The molecule has 2 heterocycles. The van der Waals surface area contributed by atoms with Gasteiger partial charge in [0.2, 0.25) is 0 Å². The molecule has 0 radical (unpaired) electrons. The lowest BCUT2D eigenvalue weighted by Gasteiger charge is -2.46. The van der Waals surface area contributed by atoms with E-state index in [2.05, 4.69) is 0 Å². The highest BCUT2D eigenvalue weighted by molar-refractivity contribution is 5.71. The molecule has 18 heteroatoms. The summed E-state index contributed by atoms with van der Waals surface area (Å²) >= 11 is 0. The lowest BCUT2D eigenvalue weighted by atomic mass is 9.96. The van der Waals surface area contributed by atoms with E-state index in [1.54, 1.807) is 0 Å². The number of esters is 2. The highest BCUT2D eigenvalue weighted by Crippen LogP contribution is 2.31. The molecule has 2 aliphatic rings. The van der Waals surface area contributed by atoms with Gasteiger partial charge in [-0.2, -0.15) is 0 Å². The van der Waals surface area contributed by atoms with E-state index in [-0.39, 0.29) is 13.0 Å². The zero-order valence-electron chi connectivity index (χ0n) is 32.1. The number of aliphatic hydroxyl groups is 8. The number of aliphatic carboxylic acids is 1. The molecule has 0 bridgehead atoms. The van der Waals surface area contributed by atoms with Crippen molar-refractivity contribution in [3.63, 3.8) is 0 Å². The monoisotopic (exact) mass is 798 g/mol. The topological polar surface area (TPSA) is 289 Å². The fourth-order valence-electron chi connectivity index (χ4n) is 6.47. The van der Waals surface area contributed by atoms with Gasteiger partial charge in [0.25, 0.3) is 0 Å². The van der Waals surface area contributed by atoms with Crippen molar-refractivity contribution in [3.05, 3.63) is 0 Å². The third-order valence-electron chi connectivity index (χ3n) is 9.77. The maximum atomic E-state index is 12.7. The maximum absolute atomic E-state index is 12.7. The van der Waals surface area contributed by atoms with Gasteiger partial charge in [0.15, 0.2) is 24.8 Å². The van der Waals surface area contributed by atoms with Crippen LogP contribution in [0.4, 0.5) is 0 Å². The maximum Gasteiger partial charge on any atom is 0.332 e. The number of hydrogen-bond donors (Lipinski definition) is 9. The van der Waals surface area contributed by atoms with E-state index in [0.29, 0.717) is 25.7 Å². The number of carboxylic acids is 1. The second kappa shape index (κ2) is 26.8. The third kappa shape index (κ3) is 17.9. The zero-order valence-corrected chi connectivity index (χ0v) is 32.1. The third-order valence-corrected chi connectivity index (χ3v) is 9.77. The molecule has 13 atom stereocenters. The van der Waals surface area contributed by atoms with Gasteiger partial charge >= 0.3 is 17.9 Å². The summed E-state index contributed by atoms with van der Waals surface area (Å²) in [4.78, 5) is 35.0. The normalized spacial score (nSPS) is 30.0. The first kappa shape index (κ1) is 49.1. The molecule has 322 valence electrons. The summed E-state index contributed by atoms with van der Waals surface area (Å²) < 4.78 is 33.4. The fraction of sp³-hybridized carbons (Fsp3) is 0.919. The standard InChI is InChI=1S/C37H66O18/c1-3-4-15-23(40)18-28(43)54-34-30(45)29(44)26(19-38)52-37(34)55-33-27(21-50-22(2)39)53-36(32(47)31(33)46)51-20-24(41)16-13-11-9-7-5-6-8-10-12-14-17-25(42)35(48)49/h23-27,29-34,36-38,40-42,44-47H,3-21H2,1-2H3,(H,48,49)/t23?,24?,25?,26-,27-,29-,30+,31-,32-,33-,34-,36-,37+/m1/s1. The molecule has 2 aliphatic heterocycles. The Kier molecular flexibility index (Phi) is 23.9. The Morgan fingerprint density at radius 3 is 1.78 bits per heavy atom. The summed E-state index contributed by atoms with van der Waals surface area (Å²) in [5.74, 6) is -2.83. The summed E-state index contributed by atoms with van der Waals surface area (Å²) in [6.07, 6.45) is -8.19. The predicted octanol–water partition coefficient (Wildman–Crippen LogP) is 0.178. The van der Waals surface area contributed by atoms with Gasteiger partial charge in [-0.3, -0.25) is 9.59 Å². The van der Waals surface area contributed by atoms with Crippen LogP contribution >= 0.6 is 0 Å². The first-order valence-electron chi connectivity index (χ1n) is 19.7. The molecule has 0 aromatic rings. The minimum absolute atomic E-state index is 0.250. The molecule has 0 saturated carbocycles. The van der Waals surface area contributed by atoms with Crippen LogP contribution in [0.15, 0.2) is 0 Å². The lowest BCUT2D eigenvalue weighted by Crippen LogP contribution is -2.65. The summed E-state index contributed by atoms with van der Waals surface area (Å²) in [7, 11) is 0. The molecule has 9 N–H and O–H groups in total. The molecule has 0 aliphatic carbocycles. The predicted molar refractivity (Wildman–Crippen MR) is 191 cm³/mol. The Morgan fingerprint density at radius 2 is 1.22 bits per heavy atom. The molecule has 2 rings (SSSR count). The molecule has 3 unspecified atom stereocenters. The van der Waals surface area contributed by atoms with Gasteiger partial charge in [-0.1, -0.05) is 84.0 Å². The van der Waals surface area contributed by atoms with E-state index >= 15 is 0 Å². The van der Waals surface area contributed by atoms with Crippen LogP contribution in [-0.4, -0.2) is 163 Å². The highest BCUT2D eigenvalue weighted by Gasteiger charge is 2.52. The number of carbonyl (C=O) groups excluding carboxylic acids is 2. The lowest BCUT2D eigenvalue weighted by molar-refractivity contribution is -0.361. The Morgan fingerprint density at radius 1 is 0.673 bits per heavy atom. The van der Waals surface area contributed by atoms with Crippen LogP contribution < -0.4 is 0 Å². The summed E-state index contributed by atoms with van der Waals surface area (Å²) in [5, 5.41) is 91.9. The van der Waals surface area contributed by atoms with Crippen LogP contribution in [0.1, 0.15) is 117 Å². The Hall–Kier alpha value is -2.07. The molecule has 2 saturated heterocycles. The quantitative estimate of drug-likeness (QED) is 0.0377. The van der Waals surface area contributed by atoms with Crippen LogP contribution in [0.25, 0.3) is 0 Å². The van der Waals surface area contributed by atoms with Crippen molar-refractivity contribution in [2.75, 3.05) is 19.8 Å². The van der Waals surface area contributed by atoms with Gasteiger partial charge < -0.3 is 74.4 Å². The van der Waals surface area contributed by atoms with Crippen molar-refractivity contribution in [3.8, 4) is 0 Å². The van der Waals surface area contributed by atoms with Crippen molar-refractivity contribution in [1.29, 1.82) is 0 Å². The van der Waals surface area contributed by atoms with E-state index in [1.807, 2.05) is 6.92 Å². The SMILES string of the molecule is CCCCC(O)CC(=O)O[C@H]1[C@H](O[C@H]2[C@H](O)[C@@H](O)[C@H](OCC(O)CCCCCCCCCCCCC(O)C(=O)O)O[C@@H]2COC(C)=O)O[C@H](CO)[C@@H](O)[C@@H]1O. The van der Waals surface area contributed by atoms with Gasteiger partial charge in [-0.05, 0) is 19.3 Å². The van der Waals surface area contributed by atoms with Crippen molar-refractivity contribution >= 4 is 17.9 Å². The summed E-state index contributed by atoms with van der Waals surface area (Å²) in [6, 6.07) is 0. The average molecular weight is 799 g/mol. The fourth-order valence-corrected chi connectivity index (χ4v) is 6.47. The van der Waals surface area contributed by atoms with Gasteiger partial charge in [0.05, 0.1) is 31.8 Å². The molecule has 0 spiro atoms. The number of hydrogen-bond acceptors (Lipinski definition) is 17. The van der Waals surface area contributed by atoms with E-state index in [1.165, 1.54) is 0 Å². The van der Waals surface area contributed by atoms with Crippen LogP contribution in [0, 0.1) is 0 Å². The van der Waals surface area contributed by atoms with Crippen molar-refractivity contribution < 1.29 is 88.8 Å². The minimum atomic E-state index is -1.83. The Bertz CT molecular complexity index is 1080. The first-order valence-corrected chi connectivity index (χ1v) is 19.7. The van der Waals surface area contributed by atoms with E-state index < -0.39 is 117 Å². The average Bonchev–Trinajstić information content (AvgIpc) is 3.14. The smallest absolute Gasteiger partial charge is 0.332 e. The van der Waals surface area contributed by atoms with Crippen LogP contribution in [0.2, 0.25) is 0 Å². The molecule has 2 fully saturated rings. The van der Waals surface area contributed by atoms with Crippen molar-refractivity contribution in [1.82, 2.24) is 0 Å². The second-order valence-electron chi connectivity index (χ2n) is 14.5. The van der Waals surface area contributed by atoms with Crippen molar-refractivity contribution in [2.45, 2.75) is 196 Å². The first-order chi connectivity index (χ1) is 26.2. The number of rotatable bonds is 28. The summed E-state index contributed by atoms with van der Waals surface area (Å²) in [6.45, 7) is 1.52. The minimum Gasteiger partial charge on any atom is -0.479 e. The van der Waals surface area contributed by atoms with E-state index in [9.17, 15) is 55.2 Å². The molecule has 18 nitrogen and oxygen atoms in total.